The minimum atomic E-state index is -1.86. The highest BCUT2D eigenvalue weighted by Gasteiger charge is 2.20. The highest BCUT2D eigenvalue weighted by molar-refractivity contribution is 6.44. The van der Waals surface area contributed by atoms with Gasteiger partial charge in [0.15, 0.2) is 0 Å². The van der Waals surface area contributed by atoms with Crippen LogP contribution in [0.15, 0.2) is 27.5 Å². The maximum absolute atomic E-state index is 12.9. The Morgan fingerprint density at radius 1 is 1.33 bits per heavy atom. The summed E-state index contributed by atoms with van der Waals surface area (Å²) >= 11 is 6.13. The second-order valence-electron chi connectivity index (χ2n) is 4.65. The molecule has 4 nitrogen and oxygen atoms in total. The molecule has 0 spiro atoms. The first-order chi connectivity index (χ1) is 9.84. The van der Waals surface area contributed by atoms with E-state index in [2.05, 4.69) is 4.99 Å². The maximum atomic E-state index is 12.9. The van der Waals surface area contributed by atoms with Crippen molar-refractivity contribution < 1.29 is 8.78 Å². The number of halogens is 3. The monoisotopic (exact) mass is 322 g/mol. The summed E-state index contributed by atoms with van der Waals surface area (Å²) in [5, 5.41) is 0.102. The van der Waals surface area contributed by atoms with Crippen molar-refractivity contribution >= 4 is 17.3 Å². The van der Waals surface area contributed by atoms with E-state index in [0.717, 1.165) is 13.0 Å². The van der Waals surface area contributed by atoms with E-state index in [1.807, 2.05) is 25.8 Å². The predicted octanol–water partition coefficient (Wildman–Crippen LogP) is 2.87. The fourth-order valence-electron chi connectivity index (χ4n) is 1.85. The van der Waals surface area contributed by atoms with Crippen molar-refractivity contribution in [3.63, 3.8) is 0 Å². The van der Waals surface area contributed by atoms with Gasteiger partial charge in [-0.15, -0.1) is 0 Å². The molecule has 2 N–H and O–H groups in total. The van der Waals surface area contributed by atoms with E-state index < -0.39 is 6.08 Å². The summed E-state index contributed by atoms with van der Waals surface area (Å²) in [6.07, 6.45) is -0.944. The molecule has 0 atom stereocenters. The highest BCUT2D eigenvalue weighted by atomic mass is 35.5. The van der Waals surface area contributed by atoms with Crippen LogP contribution in [0.5, 0.6) is 0 Å². The third-order valence-corrected chi connectivity index (χ3v) is 3.21. The Hall–Kier alpha value is -1.14. The Labute approximate surface area is 130 Å². The largest absolute Gasteiger partial charge is 0.396 e. The van der Waals surface area contributed by atoms with Crippen molar-refractivity contribution in [2.75, 3.05) is 40.8 Å². The summed E-state index contributed by atoms with van der Waals surface area (Å²) < 4.78 is 25.8. The molecule has 0 aromatic carbocycles. The van der Waals surface area contributed by atoms with Gasteiger partial charge in [0.25, 0.3) is 6.08 Å². The first-order valence-corrected chi connectivity index (χ1v) is 7.32. The second kappa shape index (κ2) is 9.73. The van der Waals surface area contributed by atoms with Gasteiger partial charge in [0.1, 0.15) is 5.70 Å². The van der Waals surface area contributed by atoms with Gasteiger partial charge in [0.05, 0.1) is 16.4 Å². The Morgan fingerprint density at radius 2 is 1.90 bits per heavy atom. The lowest BCUT2D eigenvalue weighted by molar-refractivity contribution is 0.370. The average molecular weight is 323 g/mol. The van der Waals surface area contributed by atoms with Gasteiger partial charge < -0.3 is 15.5 Å². The molecule has 0 unspecified atom stereocenters. The Bertz CT molecular complexity index is 427. The number of nitrogens with zero attached hydrogens (tertiary/aromatic N) is 3. The van der Waals surface area contributed by atoms with Gasteiger partial charge in [-0.05, 0) is 13.5 Å². The number of hydrogen-bond acceptors (Lipinski definition) is 4. The smallest absolute Gasteiger partial charge is 0.295 e. The molecule has 7 heteroatoms. The van der Waals surface area contributed by atoms with Crippen LogP contribution >= 0.6 is 11.6 Å². The van der Waals surface area contributed by atoms with Crippen LogP contribution in [0.25, 0.3) is 0 Å². The molecular weight excluding hydrogens is 298 g/mol. The molecule has 0 aliphatic carbocycles. The van der Waals surface area contributed by atoms with Crippen molar-refractivity contribution in [3.05, 3.63) is 22.5 Å². The van der Waals surface area contributed by atoms with Crippen molar-refractivity contribution in [3.8, 4) is 0 Å². The fourth-order valence-corrected chi connectivity index (χ4v) is 2.06. The normalized spacial score (nSPS) is 16.9. The summed E-state index contributed by atoms with van der Waals surface area (Å²) in [5.74, 6) is 0. The zero-order valence-corrected chi connectivity index (χ0v) is 14.1. The van der Waals surface area contributed by atoms with E-state index in [-0.39, 0.29) is 16.4 Å². The zero-order chi connectivity index (χ0) is 16.6. The molecule has 0 saturated heterocycles. The minimum Gasteiger partial charge on any atom is -0.396 e. The molecule has 0 aromatic heterocycles. The Balaban J connectivity index is 0.00000191. The molecule has 0 saturated carbocycles. The van der Waals surface area contributed by atoms with Gasteiger partial charge in [0.2, 0.25) is 0 Å². The van der Waals surface area contributed by atoms with Gasteiger partial charge in [0, 0.05) is 33.7 Å². The number of likely N-dealkylation sites (N-methyl/N-ethyl adjacent to an activating group) is 1. The SMILES string of the molecule is CC.CN1CCCN=C(/C(Cl)=C(\N)C(=C(F)F)N(C)C)C1. The van der Waals surface area contributed by atoms with Crippen molar-refractivity contribution in [1.29, 1.82) is 0 Å². The standard InChI is InChI=1S/C12H19ClF2N4.C2H6/c1-18(2)11(12(14)15)10(16)9(13)8-7-19(3)6-4-5-17-8;1-2/h4-7,16H2,1-3H3;1-2H3/b10-9+;. The molecule has 1 heterocycles. The van der Waals surface area contributed by atoms with Gasteiger partial charge in [-0.2, -0.15) is 8.78 Å². The van der Waals surface area contributed by atoms with E-state index >= 15 is 0 Å². The lowest BCUT2D eigenvalue weighted by Crippen LogP contribution is -2.27. The number of hydrogen-bond donors (Lipinski definition) is 1. The van der Waals surface area contributed by atoms with E-state index in [0.29, 0.717) is 18.8 Å². The second-order valence-corrected chi connectivity index (χ2v) is 5.03. The Morgan fingerprint density at radius 3 is 2.38 bits per heavy atom. The maximum Gasteiger partial charge on any atom is 0.295 e. The van der Waals surface area contributed by atoms with Crippen LogP contribution in [0, 0.1) is 0 Å². The molecule has 0 bridgehead atoms. The lowest BCUT2D eigenvalue weighted by atomic mass is 10.2. The van der Waals surface area contributed by atoms with E-state index in [9.17, 15) is 8.78 Å². The van der Waals surface area contributed by atoms with Crippen LogP contribution in [0.1, 0.15) is 20.3 Å². The lowest BCUT2D eigenvalue weighted by Gasteiger charge is -2.19. The van der Waals surface area contributed by atoms with Gasteiger partial charge >= 0.3 is 0 Å². The third-order valence-electron chi connectivity index (χ3n) is 2.79. The van der Waals surface area contributed by atoms with Crippen LogP contribution in [-0.4, -0.2) is 56.3 Å². The van der Waals surface area contributed by atoms with Crippen LogP contribution < -0.4 is 5.73 Å². The summed E-state index contributed by atoms with van der Waals surface area (Å²) in [6, 6.07) is 0. The molecule has 21 heavy (non-hydrogen) atoms. The summed E-state index contributed by atoms with van der Waals surface area (Å²) in [4.78, 5) is 7.59. The molecule has 0 radical (unpaired) electrons. The molecule has 0 fully saturated rings. The van der Waals surface area contributed by atoms with Crippen molar-refractivity contribution in [2.24, 2.45) is 10.7 Å². The van der Waals surface area contributed by atoms with E-state index in [1.165, 1.54) is 19.0 Å². The topological polar surface area (TPSA) is 44.9 Å². The molecule has 1 aliphatic rings. The summed E-state index contributed by atoms with van der Waals surface area (Å²) in [5.41, 5.74) is 5.82. The molecular formula is C14H25ClF2N4. The molecule has 0 amide bonds. The van der Waals surface area contributed by atoms with Crippen LogP contribution in [-0.2, 0) is 0 Å². The number of rotatable bonds is 3. The fraction of sp³-hybridized carbons (Fsp3) is 0.643. The van der Waals surface area contributed by atoms with Gasteiger partial charge in [-0.1, -0.05) is 25.4 Å². The van der Waals surface area contributed by atoms with E-state index in [1.54, 1.807) is 0 Å². The van der Waals surface area contributed by atoms with Gasteiger partial charge in [-0.3, -0.25) is 4.99 Å². The third kappa shape index (κ3) is 6.01. The van der Waals surface area contributed by atoms with Crippen LogP contribution in [0.2, 0.25) is 0 Å². The van der Waals surface area contributed by atoms with Crippen LogP contribution in [0.3, 0.4) is 0 Å². The predicted molar refractivity (Wildman–Crippen MR) is 85.8 cm³/mol. The van der Waals surface area contributed by atoms with Crippen molar-refractivity contribution in [1.82, 2.24) is 9.80 Å². The average Bonchev–Trinajstić information content (AvgIpc) is 2.64. The van der Waals surface area contributed by atoms with Gasteiger partial charge in [-0.25, -0.2) is 0 Å². The molecule has 122 valence electrons. The van der Waals surface area contributed by atoms with Crippen LogP contribution in [0.4, 0.5) is 8.78 Å². The number of nitrogens with two attached hydrogens (primary N) is 1. The summed E-state index contributed by atoms with van der Waals surface area (Å²) in [6.45, 7) is 6.03. The molecule has 1 rings (SSSR count). The zero-order valence-electron chi connectivity index (χ0n) is 13.4. The first kappa shape index (κ1) is 19.9. The molecule has 1 aliphatic heterocycles. The molecule has 0 aromatic rings. The van der Waals surface area contributed by atoms with Crippen molar-refractivity contribution in [2.45, 2.75) is 20.3 Å². The summed E-state index contributed by atoms with van der Waals surface area (Å²) in [7, 11) is 4.92. The number of aliphatic imine (C=N–C) groups is 1. The van der Waals surface area contributed by atoms with E-state index in [4.69, 9.17) is 17.3 Å². The quantitative estimate of drug-likeness (QED) is 0.813. The minimum absolute atomic E-state index is 0.102. The Kier molecular flexibility index (Phi) is 9.21. The highest BCUT2D eigenvalue weighted by Crippen LogP contribution is 2.22. The first-order valence-electron chi connectivity index (χ1n) is 6.95.